The van der Waals surface area contributed by atoms with Crippen LogP contribution in [0.25, 0.3) is 6.08 Å². The molecule has 1 fully saturated rings. The number of halogens is 2. The first kappa shape index (κ1) is 33.3. The van der Waals surface area contributed by atoms with Crippen LogP contribution in [0.15, 0.2) is 54.6 Å². The van der Waals surface area contributed by atoms with E-state index in [0.717, 1.165) is 0 Å². The summed E-state index contributed by atoms with van der Waals surface area (Å²) >= 11 is 0. The number of carbonyl (C=O) groups is 2. The molecule has 8 nitrogen and oxygen atoms in total. The number of aliphatic hydroxyl groups excluding tert-OH is 2. The molecule has 0 spiro atoms. The first-order valence-electron chi connectivity index (χ1n) is 14.4. The molecule has 230 valence electrons. The number of carbonyl (C=O) groups excluding carboxylic acids is 2. The normalized spacial score (nSPS) is 23.2. The molecule has 1 heterocycles. The fraction of sp³-hybridized carbons (Fsp3) is 0.500. The van der Waals surface area contributed by atoms with Crippen molar-refractivity contribution in [1.29, 1.82) is 0 Å². The number of ether oxygens (including phenoxy) is 2. The van der Waals surface area contributed by atoms with E-state index in [1.54, 1.807) is 29.2 Å². The van der Waals surface area contributed by atoms with Gasteiger partial charge in [0, 0.05) is 45.5 Å². The van der Waals surface area contributed by atoms with Crippen LogP contribution in [0.4, 0.5) is 8.78 Å². The van der Waals surface area contributed by atoms with Crippen LogP contribution in [0, 0.1) is 17.6 Å². The van der Waals surface area contributed by atoms with Gasteiger partial charge in [-0.3, -0.25) is 9.59 Å². The van der Waals surface area contributed by atoms with Gasteiger partial charge in [0.05, 0.1) is 12.2 Å². The van der Waals surface area contributed by atoms with Crippen LogP contribution in [-0.2, 0) is 14.3 Å². The first-order valence-corrected chi connectivity index (χ1v) is 14.4. The van der Waals surface area contributed by atoms with Gasteiger partial charge in [0.15, 0.2) is 0 Å². The largest absolute Gasteiger partial charge is 0.388 e. The number of rotatable bonds is 6. The van der Waals surface area contributed by atoms with Crippen molar-refractivity contribution in [3.8, 4) is 0 Å². The molecule has 42 heavy (non-hydrogen) atoms. The molecule has 0 aliphatic carbocycles. The van der Waals surface area contributed by atoms with Gasteiger partial charge in [-0.2, -0.15) is 0 Å². The zero-order valence-electron chi connectivity index (χ0n) is 24.5. The standard InChI is InChI=1S/C32H42F2N2O6/c1-22(2)17-25-19-35(32(40)26-11-4-5-12-27(26)34)20-29(41-3)31(39)28(37)21-42-16-7-6-15-36(25)30(38)14-13-23-9-8-10-24(33)18-23/h4-5,8-14,18,22,25,28-29,31,37,39H,6-7,15-17,19-21H2,1-3H3/b14-13+/t25-,28-,29-,31-/m1/s1. The smallest absolute Gasteiger partial charge is 0.256 e. The summed E-state index contributed by atoms with van der Waals surface area (Å²) in [4.78, 5) is 30.5. The third-order valence-corrected chi connectivity index (χ3v) is 7.26. The second-order valence-corrected chi connectivity index (χ2v) is 11.0. The van der Waals surface area contributed by atoms with E-state index in [0.29, 0.717) is 38.0 Å². The van der Waals surface area contributed by atoms with Crippen LogP contribution in [0.2, 0.25) is 0 Å². The van der Waals surface area contributed by atoms with E-state index in [2.05, 4.69) is 0 Å². The Kier molecular flexibility index (Phi) is 13.1. The molecule has 0 bridgehead atoms. The van der Waals surface area contributed by atoms with Crippen molar-refractivity contribution >= 4 is 17.9 Å². The Labute approximate surface area is 246 Å². The fourth-order valence-corrected chi connectivity index (χ4v) is 5.07. The molecular formula is C32H42F2N2O6. The predicted molar refractivity (Wildman–Crippen MR) is 156 cm³/mol. The molecule has 1 aliphatic heterocycles. The monoisotopic (exact) mass is 588 g/mol. The van der Waals surface area contributed by atoms with Crippen molar-refractivity contribution in [2.45, 2.75) is 57.5 Å². The molecule has 2 N–H and O–H groups in total. The summed E-state index contributed by atoms with van der Waals surface area (Å²) in [6.07, 6.45) is 0.967. The van der Waals surface area contributed by atoms with Gasteiger partial charge >= 0.3 is 0 Å². The lowest BCUT2D eigenvalue weighted by atomic mass is 9.99. The summed E-state index contributed by atoms with van der Waals surface area (Å²) in [6.45, 7) is 4.40. The van der Waals surface area contributed by atoms with E-state index in [1.165, 1.54) is 48.4 Å². The number of aliphatic hydroxyl groups is 2. The van der Waals surface area contributed by atoms with Crippen LogP contribution in [0.1, 0.15) is 49.0 Å². The van der Waals surface area contributed by atoms with E-state index in [4.69, 9.17) is 9.47 Å². The zero-order chi connectivity index (χ0) is 30.6. The number of amides is 2. The van der Waals surface area contributed by atoms with Gasteiger partial charge in [-0.05, 0) is 61.1 Å². The van der Waals surface area contributed by atoms with Gasteiger partial charge in [-0.15, -0.1) is 0 Å². The van der Waals surface area contributed by atoms with Crippen molar-refractivity contribution in [3.63, 3.8) is 0 Å². The van der Waals surface area contributed by atoms with Gasteiger partial charge in [0.2, 0.25) is 5.91 Å². The van der Waals surface area contributed by atoms with Crippen LogP contribution >= 0.6 is 0 Å². The van der Waals surface area contributed by atoms with Crippen molar-refractivity contribution in [1.82, 2.24) is 9.80 Å². The molecule has 0 saturated carbocycles. The van der Waals surface area contributed by atoms with E-state index in [9.17, 15) is 28.6 Å². The third kappa shape index (κ3) is 9.69. The van der Waals surface area contributed by atoms with Gasteiger partial charge in [0.25, 0.3) is 5.91 Å². The molecule has 10 heteroatoms. The van der Waals surface area contributed by atoms with Crippen molar-refractivity contribution < 1.29 is 38.1 Å². The first-order chi connectivity index (χ1) is 20.1. The highest BCUT2D eigenvalue weighted by atomic mass is 19.1. The molecule has 2 aromatic carbocycles. The van der Waals surface area contributed by atoms with Gasteiger partial charge in [-0.1, -0.05) is 38.1 Å². The minimum absolute atomic E-state index is 0.0318. The fourth-order valence-electron chi connectivity index (χ4n) is 5.07. The molecule has 2 amide bonds. The molecule has 2 aromatic rings. The second kappa shape index (κ2) is 16.5. The molecule has 1 aliphatic rings. The third-order valence-electron chi connectivity index (χ3n) is 7.26. The quantitative estimate of drug-likeness (QED) is 0.497. The summed E-state index contributed by atoms with van der Waals surface area (Å²) in [5.41, 5.74) is 0.380. The molecule has 0 aromatic heterocycles. The topological polar surface area (TPSA) is 99.5 Å². The molecule has 0 radical (unpaired) electrons. The number of hydrogen-bond donors (Lipinski definition) is 2. The zero-order valence-corrected chi connectivity index (χ0v) is 24.5. The predicted octanol–water partition coefficient (Wildman–Crippen LogP) is 3.91. The number of methoxy groups -OCH3 is 1. The lowest BCUT2D eigenvalue weighted by molar-refractivity contribution is -0.130. The highest BCUT2D eigenvalue weighted by molar-refractivity contribution is 5.95. The van der Waals surface area contributed by atoms with Crippen LogP contribution in [0.5, 0.6) is 0 Å². The van der Waals surface area contributed by atoms with Crippen molar-refractivity contribution in [2.24, 2.45) is 5.92 Å². The maximum absolute atomic E-state index is 14.8. The Morgan fingerprint density at radius 3 is 2.55 bits per heavy atom. The highest BCUT2D eigenvalue weighted by Gasteiger charge is 2.34. The van der Waals surface area contributed by atoms with E-state index >= 15 is 0 Å². The Morgan fingerprint density at radius 2 is 1.86 bits per heavy atom. The van der Waals surface area contributed by atoms with Gasteiger partial charge < -0.3 is 29.5 Å². The minimum Gasteiger partial charge on any atom is -0.388 e. The van der Waals surface area contributed by atoms with Crippen LogP contribution < -0.4 is 0 Å². The van der Waals surface area contributed by atoms with E-state index < -0.39 is 41.9 Å². The van der Waals surface area contributed by atoms with Crippen LogP contribution in [0.3, 0.4) is 0 Å². The lowest BCUT2D eigenvalue weighted by Crippen LogP contribution is -2.53. The Balaban J connectivity index is 2.02. The Bertz CT molecular complexity index is 1190. The maximum Gasteiger partial charge on any atom is 0.256 e. The van der Waals surface area contributed by atoms with Crippen molar-refractivity contribution in [2.75, 3.05) is 40.0 Å². The average molecular weight is 589 g/mol. The summed E-state index contributed by atoms with van der Waals surface area (Å²) in [7, 11) is 1.36. The van der Waals surface area contributed by atoms with E-state index in [1.807, 2.05) is 13.8 Å². The number of nitrogens with zero attached hydrogens (tertiary/aromatic N) is 2. The summed E-state index contributed by atoms with van der Waals surface area (Å²) < 4.78 is 39.6. The lowest BCUT2D eigenvalue weighted by Gasteiger charge is -2.38. The molecule has 1 saturated heterocycles. The van der Waals surface area contributed by atoms with Gasteiger partial charge in [0.1, 0.15) is 29.9 Å². The molecule has 0 unspecified atom stereocenters. The maximum atomic E-state index is 14.8. The van der Waals surface area contributed by atoms with Crippen molar-refractivity contribution in [3.05, 3.63) is 77.4 Å². The molecular weight excluding hydrogens is 546 g/mol. The average Bonchev–Trinajstić information content (AvgIpc) is 2.96. The SMILES string of the molecule is CO[C@@H]1CN(C(=O)c2ccccc2F)C[C@@H](CC(C)C)N(C(=O)/C=C/c2cccc(F)c2)CCCCOC[C@@H](O)[C@H]1O. The Morgan fingerprint density at radius 1 is 1.10 bits per heavy atom. The summed E-state index contributed by atoms with van der Waals surface area (Å²) in [6, 6.07) is 11.0. The summed E-state index contributed by atoms with van der Waals surface area (Å²) in [5.74, 6) is -1.92. The second-order valence-electron chi connectivity index (χ2n) is 11.0. The van der Waals surface area contributed by atoms with E-state index in [-0.39, 0.29) is 37.1 Å². The number of benzene rings is 2. The molecule has 4 atom stereocenters. The Hall–Kier alpha value is -3.18. The summed E-state index contributed by atoms with van der Waals surface area (Å²) in [5, 5.41) is 21.4. The van der Waals surface area contributed by atoms with Crippen LogP contribution in [-0.4, -0.2) is 96.1 Å². The minimum atomic E-state index is -1.38. The molecule has 3 rings (SSSR count). The van der Waals surface area contributed by atoms with Gasteiger partial charge in [-0.25, -0.2) is 8.78 Å². The number of hydrogen-bond acceptors (Lipinski definition) is 6. The highest BCUT2D eigenvalue weighted by Crippen LogP contribution is 2.20.